The third-order valence-electron chi connectivity index (χ3n) is 5.25. The number of aromatic nitrogens is 3. The lowest BCUT2D eigenvalue weighted by atomic mass is 10.0. The van der Waals surface area contributed by atoms with Crippen LogP contribution in [0.3, 0.4) is 0 Å². The molecule has 0 bridgehead atoms. The molecule has 0 aliphatic carbocycles. The SMILES string of the molecule is NC(=O)c1cnc(Cc2cnccn2)cc1NC1CCN(c2ccc(F)cc2)CC1. The fraction of sp³-hybridized carbons (Fsp3) is 0.273. The molecular formula is C22H23FN6O. The van der Waals surface area contributed by atoms with Crippen LogP contribution in [-0.4, -0.2) is 40.0 Å². The summed E-state index contributed by atoms with van der Waals surface area (Å²) >= 11 is 0. The van der Waals surface area contributed by atoms with Gasteiger partial charge in [-0.05, 0) is 43.2 Å². The first-order valence-corrected chi connectivity index (χ1v) is 9.89. The molecule has 1 fully saturated rings. The summed E-state index contributed by atoms with van der Waals surface area (Å²) in [5.41, 5.74) is 9.22. The Morgan fingerprint density at radius 1 is 1.10 bits per heavy atom. The fourth-order valence-electron chi connectivity index (χ4n) is 3.67. The van der Waals surface area contributed by atoms with Gasteiger partial charge >= 0.3 is 0 Å². The van der Waals surface area contributed by atoms with E-state index >= 15 is 0 Å². The number of halogens is 1. The number of carbonyl (C=O) groups is 1. The first kappa shape index (κ1) is 19.8. The van der Waals surface area contributed by atoms with Crippen LogP contribution in [0.15, 0.2) is 55.1 Å². The number of benzene rings is 1. The van der Waals surface area contributed by atoms with Gasteiger partial charge in [0.05, 0.1) is 16.9 Å². The number of piperidine rings is 1. The summed E-state index contributed by atoms with van der Waals surface area (Å²) < 4.78 is 13.2. The molecule has 8 heteroatoms. The van der Waals surface area contributed by atoms with Crippen LogP contribution in [-0.2, 0) is 6.42 Å². The van der Waals surface area contributed by atoms with Gasteiger partial charge in [0.2, 0.25) is 0 Å². The summed E-state index contributed by atoms with van der Waals surface area (Å²) in [6.07, 6.45) is 8.77. The number of hydrogen-bond donors (Lipinski definition) is 2. The van der Waals surface area contributed by atoms with Crippen molar-refractivity contribution in [2.75, 3.05) is 23.3 Å². The van der Waals surface area contributed by atoms with Gasteiger partial charge in [-0.3, -0.25) is 19.7 Å². The van der Waals surface area contributed by atoms with Crippen molar-refractivity contribution in [2.24, 2.45) is 5.73 Å². The highest BCUT2D eigenvalue weighted by molar-refractivity contribution is 5.98. The van der Waals surface area contributed by atoms with Gasteiger partial charge in [0.15, 0.2) is 0 Å². The average molecular weight is 406 g/mol. The van der Waals surface area contributed by atoms with Crippen molar-refractivity contribution < 1.29 is 9.18 Å². The Kier molecular flexibility index (Phi) is 5.83. The predicted molar refractivity (Wildman–Crippen MR) is 113 cm³/mol. The van der Waals surface area contributed by atoms with Gasteiger partial charge in [-0.1, -0.05) is 0 Å². The standard InChI is InChI=1S/C22H23FN6O/c23-15-1-3-19(4-2-15)29-9-5-16(6-10-29)28-21-12-17(27-14-20(21)22(24)30)11-18-13-25-7-8-26-18/h1-4,7-8,12-14,16H,5-6,9-11H2,(H2,24,30)(H,27,28). The number of pyridine rings is 1. The third kappa shape index (κ3) is 4.71. The second-order valence-corrected chi connectivity index (χ2v) is 7.34. The van der Waals surface area contributed by atoms with Crippen LogP contribution in [0.4, 0.5) is 15.8 Å². The number of anilines is 2. The number of nitrogens with one attached hydrogen (secondary N) is 1. The van der Waals surface area contributed by atoms with Crippen molar-refractivity contribution in [3.63, 3.8) is 0 Å². The van der Waals surface area contributed by atoms with Crippen LogP contribution in [0.1, 0.15) is 34.6 Å². The molecule has 3 heterocycles. The van der Waals surface area contributed by atoms with E-state index in [1.165, 1.54) is 18.3 Å². The Labute approximate surface area is 174 Å². The van der Waals surface area contributed by atoms with E-state index in [-0.39, 0.29) is 11.9 Å². The van der Waals surface area contributed by atoms with E-state index in [1.54, 1.807) is 30.7 Å². The zero-order valence-electron chi connectivity index (χ0n) is 16.5. The number of nitrogens with two attached hydrogens (primary N) is 1. The molecule has 0 unspecified atom stereocenters. The molecule has 0 spiro atoms. The Hall–Kier alpha value is -3.55. The van der Waals surface area contributed by atoms with E-state index in [4.69, 9.17) is 5.73 Å². The summed E-state index contributed by atoms with van der Waals surface area (Å²) in [4.78, 5) is 26.8. The average Bonchev–Trinajstić information content (AvgIpc) is 2.76. The Balaban J connectivity index is 1.44. The van der Waals surface area contributed by atoms with Crippen LogP contribution < -0.4 is 16.0 Å². The zero-order chi connectivity index (χ0) is 20.9. The number of carbonyl (C=O) groups excluding carboxylic acids is 1. The van der Waals surface area contributed by atoms with Crippen LogP contribution in [0.25, 0.3) is 0 Å². The molecule has 3 aromatic rings. The maximum Gasteiger partial charge on any atom is 0.252 e. The van der Waals surface area contributed by atoms with Gasteiger partial charge < -0.3 is 16.0 Å². The largest absolute Gasteiger partial charge is 0.381 e. The molecule has 30 heavy (non-hydrogen) atoms. The number of rotatable bonds is 6. The normalized spacial score (nSPS) is 14.5. The van der Waals surface area contributed by atoms with Crippen molar-refractivity contribution in [1.29, 1.82) is 0 Å². The monoisotopic (exact) mass is 406 g/mol. The van der Waals surface area contributed by atoms with Crippen molar-refractivity contribution in [3.05, 3.63) is 77.9 Å². The minimum Gasteiger partial charge on any atom is -0.381 e. The summed E-state index contributed by atoms with van der Waals surface area (Å²) in [6, 6.07) is 8.63. The number of amides is 1. The van der Waals surface area contributed by atoms with Crippen molar-refractivity contribution >= 4 is 17.3 Å². The topological polar surface area (TPSA) is 97.0 Å². The van der Waals surface area contributed by atoms with Crippen molar-refractivity contribution in [3.8, 4) is 0 Å². The molecule has 2 aromatic heterocycles. The Morgan fingerprint density at radius 2 is 1.87 bits per heavy atom. The molecule has 154 valence electrons. The Bertz CT molecular complexity index is 1000. The molecule has 1 aliphatic heterocycles. The lowest BCUT2D eigenvalue weighted by molar-refractivity contribution is 0.100. The molecule has 3 N–H and O–H groups in total. The summed E-state index contributed by atoms with van der Waals surface area (Å²) in [5, 5.41) is 3.47. The van der Waals surface area contributed by atoms with Gasteiger partial charge in [0, 0.05) is 61.7 Å². The van der Waals surface area contributed by atoms with Gasteiger partial charge in [-0.25, -0.2) is 4.39 Å². The minimum absolute atomic E-state index is 0.201. The predicted octanol–water partition coefficient (Wildman–Crippen LogP) is 2.78. The molecule has 0 radical (unpaired) electrons. The van der Waals surface area contributed by atoms with Gasteiger partial charge in [-0.2, -0.15) is 0 Å². The Morgan fingerprint density at radius 3 is 2.53 bits per heavy atom. The van der Waals surface area contributed by atoms with Gasteiger partial charge in [0.1, 0.15) is 5.82 Å². The maximum absolute atomic E-state index is 13.2. The van der Waals surface area contributed by atoms with Crippen molar-refractivity contribution in [2.45, 2.75) is 25.3 Å². The zero-order valence-corrected chi connectivity index (χ0v) is 16.5. The summed E-state index contributed by atoms with van der Waals surface area (Å²) in [7, 11) is 0. The lowest BCUT2D eigenvalue weighted by Crippen LogP contribution is -2.39. The van der Waals surface area contributed by atoms with E-state index in [2.05, 4.69) is 25.2 Å². The van der Waals surface area contributed by atoms with E-state index < -0.39 is 5.91 Å². The molecule has 0 saturated carbocycles. The first-order valence-electron chi connectivity index (χ1n) is 9.89. The molecule has 7 nitrogen and oxygen atoms in total. The molecule has 1 aromatic carbocycles. The molecule has 0 atom stereocenters. The highest BCUT2D eigenvalue weighted by atomic mass is 19.1. The molecule has 1 amide bonds. The van der Waals surface area contributed by atoms with Gasteiger partial charge in [0.25, 0.3) is 5.91 Å². The van der Waals surface area contributed by atoms with Crippen LogP contribution >= 0.6 is 0 Å². The second-order valence-electron chi connectivity index (χ2n) is 7.34. The van der Waals surface area contributed by atoms with Gasteiger partial charge in [-0.15, -0.1) is 0 Å². The van der Waals surface area contributed by atoms with Crippen LogP contribution in [0.2, 0.25) is 0 Å². The summed E-state index contributed by atoms with van der Waals surface area (Å²) in [5.74, 6) is -0.746. The smallest absolute Gasteiger partial charge is 0.252 e. The molecule has 1 aliphatic rings. The molecule has 4 rings (SSSR count). The number of nitrogens with zero attached hydrogens (tertiary/aromatic N) is 4. The second kappa shape index (κ2) is 8.86. The van der Waals surface area contributed by atoms with E-state index in [0.29, 0.717) is 17.7 Å². The van der Waals surface area contributed by atoms with Crippen molar-refractivity contribution in [1.82, 2.24) is 15.0 Å². The highest BCUT2D eigenvalue weighted by Gasteiger charge is 2.21. The summed E-state index contributed by atoms with van der Waals surface area (Å²) in [6.45, 7) is 1.68. The molecular weight excluding hydrogens is 383 g/mol. The number of hydrogen-bond acceptors (Lipinski definition) is 6. The van der Waals surface area contributed by atoms with E-state index in [9.17, 15) is 9.18 Å². The van der Waals surface area contributed by atoms with E-state index in [0.717, 1.165) is 43.0 Å². The van der Waals surface area contributed by atoms with E-state index in [1.807, 2.05) is 6.07 Å². The van der Waals surface area contributed by atoms with Crippen LogP contribution in [0.5, 0.6) is 0 Å². The van der Waals surface area contributed by atoms with Crippen LogP contribution in [0, 0.1) is 5.82 Å². The highest BCUT2D eigenvalue weighted by Crippen LogP contribution is 2.24. The number of primary amides is 1. The third-order valence-corrected chi connectivity index (χ3v) is 5.25. The molecule has 1 saturated heterocycles. The lowest BCUT2D eigenvalue weighted by Gasteiger charge is -2.34. The maximum atomic E-state index is 13.2. The first-order chi connectivity index (χ1) is 14.6. The fourth-order valence-corrected chi connectivity index (χ4v) is 3.67. The minimum atomic E-state index is -0.514. The quantitative estimate of drug-likeness (QED) is 0.653.